The first-order valence-corrected chi connectivity index (χ1v) is 26.1. The van der Waals surface area contributed by atoms with Crippen molar-refractivity contribution in [2.24, 2.45) is 17.6 Å². The van der Waals surface area contributed by atoms with Gasteiger partial charge >= 0.3 is 5.97 Å². The molecule has 0 saturated carbocycles. The number of rotatable bonds is 21. The highest BCUT2D eigenvalue weighted by molar-refractivity contribution is 7.86. The zero-order chi connectivity index (χ0) is 50.4. The van der Waals surface area contributed by atoms with E-state index in [1.54, 1.807) is 36.9 Å². The van der Waals surface area contributed by atoms with Gasteiger partial charge in [0.25, 0.3) is 20.2 Å². The summed E-state index contributed by atoms with van der Waals surface area (Å²) in [5, 5.41) is 12.1. The summed E-state index contributed by atoms with van der Waals surface area (Å²) >= 11 is 11.7. The van der Waals surface area contributed by atoms with Gasteiger partial charge in [-0.3, -0.25) is 18.7 Å². The number of aliphatic carboxylic acids is 1. The van der Waals surface area contributed by atoms with E-state index in [-0.39, 0.29) is 42.8 Å². The van der Waals surface area contributed by atoms with Crippen molar-refractivity contribution in [1.82, 2.24) is 25.3 Å². The highest BCUT2D eigenvalue weighted by Crippen LogP contribution is 2.27. The molecule has 0 spiro atoms. The molecule has 4 heterocycles. The number of carboxylic acids is 1. The van der Waals surface area contributed by atoms with E-state index in [0.717, 1.165) is 83.5 Å². The molecule has 6 N–H and O–H groups in total. The summed E-state index contributed by atoms with van der Waals surface area (Å²) in [4.78, 5) is 43.9. The molecule has 0 unspecified atom stereocenters. The Hall–Kier alpha value is -5.04. The van der Waals surface area contributed by atoms with Crippen LogP contribution in [0.5, 0.6) is 11.5 Å². The van der Waals surface area contributed by atoms with Gasteiger partial charge in [0, 0.05) is 51.4 Å². The lowest BCUT2D eigenvalue weighted by Gasteiger charge is -2.31. The fourth-order valence-corrected chi connectivity index (χ4v) is 8.15. The van der Waals surface area contributed by atoms with Crippen LogP contribution in [0.2, 0.25) is 10.0 Å². The van der Waals surface area contributed by atoms with E-state index in [1.165, 1.54) is 24.3 Å². The number of ether oxygens (including phenoxy) is 2. The van der Waals surface area contributed by atoms with Crippen LogP contribution in [0, 0.1) is 23.5 Å². The zero-order valence-electron chi connectivity index (χ0n) is 37.8. The van der Waals surface area contributed by atoms with Gasteiger partial charge in [0.2, 0.25) is 17.8 Å². The fourth-order valence-electron chi connectivity index (χ4n) is 7.29. The summed E-state index contributed by atoms with van der Waals surface area (Å²) in [6.07, 6.45) is 13.9. The van der Waals surface area contributed by atoms with Gasteiger partial charge in [0.05, 0.1) is 72.4 Å². The third-order valence-corrected chi connectivity index (χ3v) is 12.7. The lowest BCUT2D eigenvalue weighted by atomic mass is 9.92. The highest BCUT2D eigenvalue weighted by atomic mass is 35.5. The lowest BCUT2D eigenvalue weighted by molar-refractivity contribution is -0.136. The molecule has 0 aliphatic carbocycles. The number of carbonyl (C=O) groups is 2. The van der Waals surface area contributed by atoms with E-state index >= 15 is 0 Å². The molecule has 1 amide bonds. The number of carbonyl (C=O) groups excluding carboxylic acids is 1. The van der Waals surface area contributed by atoms with Crippen molar-refractivity contribution in [3.63, 3.8) is 0 Å². The minimum absolute atomic E-state index is 0.0289. The number of benzene rings is 2. The van der Waals surface area contributed by atoms with Crippen LogP contribution in [-0.4, -0.2) is 127 Å². The van der Waals surface area contributed by atoms with Gasteiger partial charge in [-0.15, -0.1) is 0 Å². The van der Waals surface area contributed by atoms with Crippen LogP contribution in [0.3, 0.4) is 0 Å². The van der Waals surface area contributed by atoms with Gasteiger partial charge in [0.15, 0.2) is 0 Å². The van der Waals surface area contributed by atoms with Crippen LogP contribution >= 0.6 is 23.2 Å². The van der Waals surface area contributed by atoms with Gasteiger partial charge in [0.1, 0.15) is 23.1 Å². The molecule has 2 aromatic heterocycles. The fraction of sp³-hybridized carbons (Fsp3) is 0.500. The molecule has 2 aromatic carbocycles. The predicted octanol–water partition coefficient (Wildman–Crippen LogP) is 5.70. The Balaban J connectivity index is 0.000000267. The zero-order valence-corrected chi connectivity index (χ0v) is 40.9. The predicted molar refractivity (Wildman–Crippen MR) is 256 cm³/mol. The molecular formula is C44H58Cl2F2N8O11S2. The molecule has 2 saturated heterocycles. The van der Waals surface area contributed by atoms with Crippen molar-refractivity contribution in [2.45, 2.75) is 64.2 Å². The Kier molecular flexibility index (Phi) is 23.4. The first-order chi connectivity index (χ1) is 32.8. The molecule has 19 nitrogen and oxygen atoms in total. The Labute approximate surface area is 410 Å². The van der Waals surface area contributed by atoms with Crippen LogP contribution in [0.15, 0.2) is 61.2 Å². The average molecular weight is 1050 g/mol. The molecule has 25 heteroatoms. The first-order valence-electron chi connectivity index (χ1n) is 22.1. The number of hydrogen-bond donors (Lipinski definition) is 5. The van der Waals surface area contributed by atoms with E-state index in [0.29, 0.717) is 52.5 Å². The minimum atomic E-state index is -4.16. The molecule has 0 bridgehead atoms. The molecule has 380 valence electrons. The Morgan fingerprint density at radius 2 is 1.10 bits per heavy atom. The monoisotopic (exact) mass is 1050 g/mol. The minimum Gasteiger partial charge on any atom is -0.493 e. The molecular weight excluding hydrogens is 990 g/mol. The summed E-state index contributed by atoms with van der Waals surface area (Å²) in [6.45, 7) is 4.33. The quantitative estimate of drug-likeness (QED) is 0.0495. The molecule has 2 aliphatic rings. The van der Waals surface area contributed by atoms with Crippen LogP contribution in [0.4, 0.5) is 20.7 Å². The maximum atomic E-state index is 14.3. The maximum absolute atomic E-state index is 14.3. The van der Waals surface area contributed by atoms with Crippen LogP contribution in [0.25, 0.3) is 0 Å². The molecule has 0 atom stereocenters. The molecule has 0 radical (unpaired) electrons. The normalized spacial score (nSPS) is 14.5. The smallest absolute Gasteiger partial charge is 0.307 e. The summed E-state index contributed by atoms with van der Waals surface area (Å²) in [6, 6.07) is 8.66. The molecule has 2 aliphatic heterocycles. The van der Waals surface area contributed by atoms with Crippen LogP contribution in [-0.2, 0) is 42.7 Å². The van der Waals surface area contributed by atoms with Gasteiger partial charge in [-0.2, -0.15) is 16.8 Å². The van der Waals surface area contributed by atoms with Crippen molar-refractivity contribution < 1.29 is 58.9 Å². The summed E-state index contributed by atoms with van der Waals surface area (Å²) in [7, 11) is -7.96. The number of piperidine rings is 2. The number of hydrogen-bond acceptors (Lipinski definition) is 15. The van der Waals surface area contributed by atoms with E-state index < -0.39 is 49.5 Å². The number of nitrogens with one attached hydrogen (secondary N) is 1. The highest BCUT2D eigenvalue weighted by Gasteiger charge is 2.22. The average Bonchev–Trinajstić information content (AvgIpc) is 3.29. The van der Waals surface area contributed by atoms with E-state index in [1.807, 2.05) is 0 Å². The lowest BCUT2D eigenvalue weighted by Crippen LogP contribution is -2.34. The van der Waals surface area contributed by atoms with Crippen molar-refractivity contribution in [2.75, 3.05) is 73.8 Å². The number of anilines is 2. The van der Waals surface area contributed by atoms with Crippen molar-refractivity contribution in [3.8, 4) is 11.5 Å². The van der Waals surface area contributed by atoms with Crippen molar-refractivity contribution in [3.05, 3.63) is 94.0 Å². The van der Waals surface area contributed by atoms with Crippen LogP contribution < -0.4 is 30.3 Å². The second kappa shape index (κ2) is 28.6. The topological polar surface area (TPSA) is 278 Å². The number of aromatic nitrogens is 4. The summed E-state index contributed by atoms with van der Waals surface area (Å²) < 4.78 is 96.7. The number of nitrogens with two attached hydrogens (primary N) is 1. The molecule has 2 fully saturated rings. The number of carboxylic acid groups (broad SMARTS) is 1. The SMILES string of the molecule is NCCS(=O)(=O)O.O=C(Cc1ccc(OCCCC2CCN(c3ncc(Cl)cn3)CC2)cc1F)NCCS(=O)(=O)O.O=C(O)Cc1ccc(OCCCC2CCN(c3ncc(Cl)cn3)CC2)cc1F. The Bertz CT molecular complexity index is 2450. The van der Waals surface area contributed by atoms with Crippen molar-refractivity contribution >= 4 is 67.2 Å². The Morgan fingerprint density at radius 3 is 1.45 bits per heavy atom. The number of halogens is 4. The standard InChI is InChI=1S/C22H28ClFN4O5S.C20H23ClFN3O3.C2H7NO3S/c23-18-14-26-22(27-15-18)28-8-5-16(6-9-28)2-1-10-33-19-4-3-17(20(24)13-19)12-21(29)25-7-11-34(30,31)32;21-16-12-23-20(24-13-16)25-7-5-14(6-8-25)2-1-9-28-17-4-3-15(10-19(26)27)18(22)11-17;3-1-2-7(4,5)6/h3-4,13-16H,1-2,5-12H2,(H,25,29)(H,30,31,32);3-4,11-14H,1-2,5-10H2,(H,26,27);1-3H2,(H,4,5,6). The Morgan fingerprint density at radius 1 is 0.696 bits per heavy atom. The number of amides is 1. The second-order valence-corrected chi connectivity index (χ2v) is 20.2. The van der Waals surface area contributed by atoms with E-state index in [2.05, 4.69) is 35.1 Å². The van der Waals surface area contributed by atoms with E-state index in [9.17, 15) is 35.2 Å². The summed E-state index contributed by atoms with van der Waals surface area (Å²) in [5.41, 5.74) is 5.11. The van der Waals surface area contributed by atoms with E-state index in [4.69, 9.17) is 52.6 Å². The van der Waals surface area contributed by atoms with Gasteiger partial charge in [-0.25, -0.2) is 28.7 Å². The maximum Gasteiger partial charge on any atom is 0.307 e. The van der Waals surface area contributed by atoms with Gasteiger partial charge in [-0.05, 0) is 86.5 Å². The number of nitrogens with zero attached hydrogens (tertiary/aromatic N) is 6. The van der Waals surface area contributed by atoms with Crippen LogP contribution in [0.1, 0.15) is 62.5 Å². The second-order valence-electron chi connectivity index (χ2n) is 16.2. The third kappa shape index (κ3) is 22.5. The molecule has 4 aromatic rings. The molecule has 6 rings (SSSR count). The largest absolute Gasteiger partial charge is 0.493 e. The summed E-state index contributed by atoms with van der Waals surface area (Å²) in [5.74, 6) is -0.193. The van der Waals surface area contributed by atoms with Gasteiger partial charge in [-0.1, -0.05) is 35.3 Å². The van der Waals surface area contributed by atoms with Crippen molar-refractivity contribution in [1.29, 1.82) is 0 Å². The van der Waals surface area contributed by atoms with Gasteiger partial charge < -0.3 is 35.4 Å². The first kappa shape index (κ1) is 56.5. The molecule has 69 heavy (non-hydrogen) atoms. The third-order valence-electron chi connectivity index (χ3n) is 10.9.